The molecule has 4 aromatic rings. The van der Waals surface area contributed by atoms with Crippen LogP contribution in [0.4, 0.5) is 18.9 Å². The molecule has 8 rings (SSSR count). The number of alkyl halides is 2. The molecule has 1 aliphatic carbocycles. The molecule has 18 nitrogen and oxygen atoms in total. The molecular weight excluding hydrogens is 992 g/mol. The average Bonchev–Trinajstić information content (AvgIpc) is 4.06. The summed E-state index contributed by atoms with van der Waals surface area (Å²) in [5, 5.41) is 35.5. The van der Waals surface area contributed by atoms with Gasteiger partial charge < -0.3 is 66.6 Å². The number of ether oxygens (including phenoxy) is 3. The van der Waals surface area contributed by atoms with E-state index in [0.29, 0.717) is 86.5 Å². The van der Waals surface area contributed by atoms with E-state index >= 15 is 4.39 Å². The lowest BCUT2D eigenvalue weighted by molar-refractivity contribution is -0.286. The number of nitrogens with two attached hydrogens (primary N) is 3. The number of likely N-dealkylation sites (tertiary alicyclic amines) is 1. The summed E-state index contributed by atoms with van der Waals surface area (Å²) in [5.41, 5.74) is 14.3. The molecule has 12 N–H and O–H groups in total. The van der Waals surface area contributed by atoms with Crippen LogP contribution in [0.15, 0.2) is 77.2 Å². The van der Waals surface area contributed by atoms with Gasteiger partial charge in [0.05, 0.1) is 61.3 Å². The van der Waals surface area contributed by atoms with Crippen LogP contribution in [0, 0.1) is 23.6 Å². The molecule has 22 heteroatoms. The van der Waals surface area contributed by atoms with Crippen molar-refractivity contribution in [1.82, 2.24) is 30.4 Å². The summed E-state index contributed by atoms with van der Waals surface area (Å²) in [5.74, 6) is 12.6. The highest BCUT2D eigenvalue weighted by atomic mass is 32.2. The van der Waals surface area contributed by atoms with Crippen LogP contribution < -0.4 is 48.1 Å². The van der Waals surface area contributed by atoms with Crippen molar-refractivity contribution in [3.05, 3.63) is 100 Å². The first-order chi connectivity index (χ1) is 35.9. The smallest absolute Gasteiger partial charge is 0.396 e. The van der Waals surface area contributed by atoms with Gasteiger partial charge in [-0.15, -0.1) is 8.78 Å². The maximum Gasteiger partial charge on any atom is 0.586 e. The van der Waals surface area contributed by atoms with Crippen molar-refractivity contribution < 1.29 is 47.2 Å². The van der Waals surface area contributed by atoms with E-state index in [1.165, 1.54) is 30.3 Å². The van der Waals surface area contributed by atoms with Crippen molar-refractivity contribution in [2.24, 2.45) is 28.2 Å². The average molecular weight is 1060 g/mol. The number of hydrogen-bond donors (Lipinski definition) is 9. The molecule has 3 aromatic carbocycles. The monoisotopic (exact) mass is 1060 g/mol. The number of aromatic nitrogens is 1. The number of amides is 2. The van der Waals surface area contributed by atoms with Crippen LogP contribution in [-0.2, 0) is 38.2 Å². The van der Waals surface area contributed by atoms with Crippen molar-refractivity contribution in [3.63, 3.8) is 0 Å². The van der Waals surface area contributed by atoms with E-state index in [4.69, 9.17) is 27.0 Å². The van der Waals surface area contributed by atoms with Gasteiger partial charge in [-0.05, 0) is 92.7 Å². The van der Waals surface area contributed by atoms with Gasteiger partial charge in [0.25, 0.3) is 0 Å². The maximum atomic E-state index is 15.9. The number of fused-ring (bicyclic) bond motifs is 2. The zero-order valence-electron chi connectivity index (χ0n) is 42.5. The molecule has 2 amide bonds. The number of aliphatic imine (C=N–C) groups is 1. The highest BCUT2D eigenvalue weighted by molar-refractivity contribution is 8.13. The fourth-order valence-electron chi connectivity index (χ4n) is 9.48. The summed E-state index contributed by atoms with van der Waals surface area (Å²) in [6.07, 6.45) is -2.24. The number of thioether (sulfide) groups is 1. The second kappa shape index (κ2) is 23.9. The highest BCUT2D eigenvalue weighted by Gasteiger charge is 2.53. The van der Waals surface area contributed by atoms with E-state index in [-0.39, 0.29) is 48.7 Å². The third-order valence-electron chi connectivity index (χ3n) is 13.8. The lowest BCUT2D eigenvalue weighted by Crippen LogP contribution is -2.50. The van der Waals surface area contributed by atoms with Gasteiger partial charge in [-0.25, -0.2) is 14.4 Å². The summed E-state index contributed by atoms with van der Waals surface area (Å²) in [7, 11) is 0. The number of amidine groups is 1. The molecule has 0 bridgehead atoms. The highest BCUT2D eigenvalue weighted by Crippen LogP contribution is 2.52. The van der Waals surface area contributed by atoms with Gasteiger partial charge in [-0.3, -0.25) is 15.4 Å². The Hall–Kier alpha value is -6.03. The number of benzene rings is 3. The number of rotatable bonds is 22. The van der Waals surface area contributed by atoms with Crippen molar-refractivity contribution >= 4 is 45.3 Å². The van der Waals surface area contributed by atoms with Crippen LogP contribution in [0.25, 0.3) is 10.9 Å². The predicted molar refractivity (Wildman–Crippen MR) is 282 cm³/mol. The molecule has 1 aromatic heterocycles. The number of piperidine rings is 1. The number of aliphatic hydroxyl groups is 2. The fourth-order valence-corrected chi connectivity index (χ4v) is 10.2. The van der Waals surface area contributed by atoms with Crippen molar-refractivity contribution in [2.75, 3.05) is 70.2 Å². The zero-order chi connectivity index (χ0) is 53.5. The number of hydrogen-bond acceptors (Lipinski definition) is 16. The van der Waals surface area contributed by atoms with E-state index in [9.17, 15) is 28.6 Å². The van der Waals surface area contributed by atoms with Crippen molar-refractivity contribution in [3.8, 4) is 23.3 Å². The van der Waals surface area contributed by atoms with Crippen molar-refractivity contribution in [2.45, 2.75) is 95.4 Å². The summed E-state index contributed by atoms with van der Waals surface area (Å²) in [4.78, 5) is 33.8. The molecule has 0 radical (unpaired) electrons. The first-order valence-electron chi connectivity index (χ1n) is 25.3. The Balaban J connectivity index is 0.786. The van der Waals surface area contributed by atoms with Gasteiger partial charge >= 0.3 is 6.29 Å². The number of nitrogens with one attached hydrogen (secondary N) is 4. The minimum absolute atomic E-state index is 0.0193. The molecule has 0 spiro atoms. The van der Waals surface area contributed by atoms with Crippen LogP contribution in [0.1, 0.15) is 75.3 Å². The lowest BCUT2D eigenvalue weighted by atomic mass is 9.90. The zero-order valence-corrected chi connectivity index (χ0v) is 43.3. The SMILES string of the molecule is CCCSC1=NC(N(N)Cc2ccc(C#CCNC(=O)C3CCN(CCOCC(C)(C)c4cc5cc(NC(=O)C6(c7ccc8c(c7)OC(F)(F)O8)CC6)c(F)cc5n4CC(O)CO)CC3)cc2)C(N)=C(NCCN)N1. The summed E-state index contributed by atoms with van der Waals surface area (Å²) >= 11 is 1.61. The van der Waals surface area contributed by atoms with E-state index in [1.54, 1.807) is 21.3 Å². The summed E-state index contributed by atoms with van der Waals surface area (Å²) in [6.45, 7) is 9.98. The van der Waals surface area contributed by atoms with Crippen LogP contribution in [0.3, 0.4) is 0 Å². The topological polar surface area (TPSA) is 252 Å². The summed E-state index contributed by atoms with van der Waals surface area (Å²) in [6, 6.07) is 16.6. The molecule has 3 aliphatic heterocycles. The molecule has 4 aliphatic rings. The van der Waals surface area contributed by atoms with E-state index in [2.05, 4.69) is 54.4 Å². The van der Waals surface area contributed by atoms with Gasteiger partial charge in [-0.2, -0.15) is 0 Å². The van der Waals surface area contributed by atoms with Crippen LogP contribution in [0.2, 0.25) is 0 Å². The Kier molecular flexibility index (Phi) is 17.6. The van der Waals surface area contributed by atoms with Gasteiger partial charge in [0.15, 0.2) is 22.8 Å². The van der Waals surface area contributed by atoms with Gasteiger partial charge in [0, 0.05) is 66.0 Å². The maximum absolute atomic E-state index is 15.9. The molecule has 2 unspecified atom stereocenters. The number of aliphatic hydroxyl groups excluding tert-OH is 2. The second-order valence-corrected chi connectivity index (χ2v) is 21.1. The molecule has 2 fully saturated rings. The Morgan fingerprint density at radius 1 is 1.09 bits per heavy atom. The number of hydrazine groups is 1. The molecule has 2 atom stereocenters. The molecular formula is C53H68F3N11O7S. The Labute approximate surface area is 438 Å². The number of halogens is 3. The standard InChI is InChI=1S/C53H68F3N11O7S/c1-4-24-75-50-63-46(60-19-17-57)45(58)47(64-50)67(59)29-34-9-7-33(8-10-34)6-5-18-61-48(70)35-13-20-65(21-14-35)22-23-72-32-51(2,3)44-26-36-25-40(39(54)28-41(36)66(44)30-38(69)31-68)62-49(71)52(15-16-52)37-11-12-42-43(27-37)74-53(55,56)73-42/h7-12,25-28,35,38,47,60,68-69H,4,13-24,29-32,57-59H2,1-3H3,(H,61,70)(H,62,71)(H,63,64). The molecule has 4 heterocycles. The summed E-state index contributed by atoms with van der Waals surface area (Å²) < 4.78 is 60.4. The predicted octanol–water partition coefficient (Wildman–Crippen LogP) is 4.08. The largest absolute Gasteiger partial charge is 0.586 e. The third kappa shape index (κ3) is 13.3. The number of anilines is 1. The molecule has 1 saturated carbocycles. The number of carbonyl (C=O) groups is 2. The quantitative estimate of drug-likeness (QED) is 0.0233. The Morgan fingerprint density at radius 3 is 2.55 bits per heavy atom. The third-order valence-corrected chi connectivity index (χ3v) is 14.9. The first kappa shape index (κ1) is 55.2. The Morgan fingerprint density at radius 2 is 1.84 bits per heavy atom. The fraction of sp³-hybridized carbons (Fsp3) is 0.491. The Bertz CT molecular complexity index is 2820. The molecule has 1 saturated heterocycles. The minimum atomic E-state index is -3.80. The molecule has 404 valence electrons. The van der Waals surface area contributed by atoms with Crippen LogP contribution in [-0.4, -0.2) is 125 Å². The normalized spacial score (nSPS) is 18.5. The van der Waals surface area contributed by atoms with Gasteiger partial charge in [0.2, 0.25) is 11.8 Å². The number of carbonyl (C=O) groups excluding carboxylic acids is 2. The molecule has 75 heavy (non-hydrogen) atoms. The van der Waals surface area contributed by atoms with E-state index in [1.807, 2.05) is 44.2 Å². The second-order valence-electron chi connectivity index (χ2n) is 20.0. The lowest BCUT2D eigenvalue weighted by Gasteiger charge is -2.32. The number of nitrogens with zero attached hydrogens (tertiary/aromatic N) is 4. The van der Waals surface area contributed by atoms with Crippen LogP contribution in [0.5, 0.6) is 11.5 Å². The first-order valence-corrected chi connectivity index (χ1v) is 26.3. The van der Waals surface area contributed by atoms with E-state index < -0.39 is 47.7 Å². The van der Waals surface area contributed by atoms with Gasteiger partial charge in [-0.1, -0.05) is 62.6 Å². The van der Waals surface area contributed by atoms with E-state index in [0.717, 1.165) is 47.3 Å². The van der Waals surface area contributed by atoms with Crippen LogP contribution >= 0.6 is 11.8 Å². The van der Waals surface area contributed by atoms with Crippen molar-refractivity contribution in [1.29, 1.82) is 0 Å². The van der Waals surface area contributed by atoms with Gasteiger partial charge in [0.1, 0.15) is 11.6 Å². The minimum Gasteiger partial charge on any atom is -0.396 e.